The van der Waals surface area contributed by atoms with E-state index in [0.29, 0.717) is 12.1 Å². The number of rotatable bonds is 4. The molecule has 0 saturated carbocycles. The van der Waals surface area contributed by atoms with Crippen molar-refractivity contribution in [3.05, 3.63) is 30.1 Å². The van der Waals surface area contributed by atoms with Crippen molar-refractivity contribution < 1.29 is 4.39 Å². The molecule has 3 rings (SSSR count). The first-order valence-corrected chi connectivity index (χ1v) is 9.91. The molecule has 2 fully saturated rings. The molecule has 2 aliphatic heterocycles. The molecule has 7 heteroatoms. The van der Waals surface area contributed by atoms with E-state index in [1.165, 1.54) is 6.07 Å². The number of nitrogens with zero attached hydrogens (tertiary/aromatic N) is 4. The molecule has 1 aromatic carbocycles. The van der Waals surface area contributed by atoms with Crippen LogP contribution in [0.3, 0.4) is 0 Å². The fourth-order valence-corrected chi connectivity index (χ4v) is 3.93. The minimum Gasteiger partial charge on any atom is -0.369 e. The maximum absolute atomic E-state index is 13.5. The fourth-order valence-electron chi connectivity index (χ4n) is 3.93. The average molecular weight is 377 g/mol. The number of nitrogens with one attached hydrogen (secondary N) is 2. The normalized spacial score (nSPS) is 25.5. The minimum atomic E-state index is -0.179. The summed E-state index contributed by atoms with van der Waals surface area (Å²) in [5.41, 5.74) is 0.955. The highest BCUT2D eigenvalue weighted by Gasteiger charge is 2.24. The molecule has 6 nitrogen and oxygen atoms in total. The number of halogens is 1. The molecule has 2 heterocycles. The SMILES string of the molecule is CN=C(NCC1CN(C)CCN1C)NC1CCCN(c2cccc(F)c2)C1. The first-order chi connectivity index (χ1) is 13.0. The molecule has 0 bridgehead atoms. The molecule has 1 aromatic rings. The Morgan fingerprint density at radius 2 is 2.07 bits per heavy atom. The van der Waals surface area contributed by atoms with Crippen LogP contribution in [0.5, 0.6) is 0 Å². The van der Waals surface area contributed by atoms with Crippen molar-refractivity contribution in [2.75, 3.05) is 65.3 Å². The van der Waals surface area contributed by atoms with Crippen molar-refractivity contribution >= 4 is 11.6 Å². The van der Waals surface area contributed by atoms with Gasteiger partial charge in [-0.15, -0.1) is 0 Å². The van der Waals surface area contributed by atoms with Crippen LogP contribution in [0.25, 0.3) is 0 Å². The van der Waals surface area contributed by atoms with Gasteiger partial charge in [-0.2, -0.15) is 0 Å². The summed E-state index contributed by atoms with van der Waals surface area (Å²) in [6.45, 7) is 5.99. The van der Waals surface area contributed by atoms with Gasteiger partial charge in [0.05, 0.1) is 0 Å². The van der Waals surface area contributed by atoms with Gasteiger partial charge in [-0.25, -0.2) is 4.39 Å². The molecular weight excluding hydrogens is 343 g/mol. The van der Waals surface area contributed by atoms with Crippen molar-refractivity contribution in [1.82, 2.24) is 20.4 Å². The Labute approximate surface area is 162 Å². The van der Waals surface area contributed by atoms with Crippen LogP contribution in [0.2, 0.25) is 0 Å². The number of hydrogen-bond donors (Lipinski definition) is 2. The van der Waals surface area contributed by atoms with Gasteiger partial charge in [-0.3, -0.25) is 9.89 Å². The van der Waals surface area contributed by atoms with Crippen LogP contribution in [-0.2, 0) is 0 Å². The molecule has 0 amide bonds. The molecular formula is C20H33FN6. The summed E-state index contributed by atoms with van der Waals surface area (Å²) < 4.78 is 13.5. The van der Waals surface area contributed by atoms with Gasteiger partial charge in [-0.05, 0) is 45.1 Å². The second-order valence-electron chi connectivity index (χ2n) is 7.76. The molecule has 0 aromatic heterocycles. The summed E-state index contributed by atoms with van der Waals surface area (Å²) in [6.07, 6.45) is 2.18. The number of likely N-dealkylation sites (N-methyl/N-ethyl adjacent to an activating group) is 2. The van der Waals surface area contributed by atoms with Crippen molar-refractivity contribution in [3.8, 4) is 0 Å². The van der Waals surface area contributed by atoms with Crippen LogP contribution >= 0.6 is 0 Å². The van der Waals surface area contributed by atoms with Gasteiger partial charge in [0.15, 0.2) is 5.96 Å². The summed E-state index contributed by atoms with van der Waals surface area (Å²) in [6, 6.07) is 7.66. The second-order valence-corrected chi connectivity index (χ2v) is 7.76. The molecule has 27 heavy (non-hydrogen) atoms. The summed E-state index contributed by atoms with van der Waals surface area (Å²) in [4.78, 5) is 11.4. The van der Waals surface area contributed by atoms with Gasteiger partial charge >= 0.3 is 0 Å². The van der Waals surface area contributed by atoms with E-state index in [2.05, 4.69) is 44.4 Å². The van der Waals surface area contributed by atoms with Crippen LogP contribution in [-0.4, -0.2) is 88.3 Å². The Morgan fingerprint density at radius 3 is 2.85 bits per heavy atom. The zero-order chi connectivity index (χ0) is 19.2. The zero-order valence-corrected chi connectivity index (χ0v) is 16.8. The van der Waals surface area contributed by atoms with Gasteiger partial charge < -0.3 is 20.4 Å². The average Bonchev–Trinajstić information content (AvgIpc) is 2.67. The lowest BCUT2D eigenvalue weighted by Crippen LogP contribution is -2.57. The van der Waals surface area contributed by atoms with Crippen molar-refractivity contribution in [2.45, 2.75) is 24.9 Å². The van der Waals surface area contributed by atoms with E-state index >= 15 is 0 Å². The second kappa shape index (κ2) is 9.37. The molecule has 2 aliphatic rings. The number of piperidine rings is 1. The highest BCUT2D eigenvalue weighted by Crippen LogP contribution is 2.20. The number of piperazine rings is 1. The molecule has 0 aliphatic carbocycles. The maximum atomic E-state index is 13.5. The first kappa shape index (κ1) is 19.9. The van der Waals surface area contributed by atoms with E-state index in [4.69, 9.17) is 0 Å². The maximum Gasteiger partial charge on any atom is 0.191 e. The summed E-state index contributed by atoms with van der Waals surface area (Å²) in [7, 11) is 6.18. The molecule has 0 radical (unpaired) electrons. The van der Waals surface area contributed by atoms with E-state index in [-0.39, 0.29) is 5.82 Å². The van der Waals surface area contributed by atoms with Crippen LogP contribution in [0.15, 0.2) is 29.3 Å². The third kappa shape index (κ3) is 5.56. The molecule has 2 atom stereocenters. The van der Waals surface area contributed by atoms with Gasteiger partial charge in [-0.1, -0.05) is 6.07 Å². The first-order valence-electron chi connectivity index (χ1n) is 9.91. The standard InChI is InChI=1S/C20H33FN6/c1-22-20(23-13-19-15-25(2)10-11-26(19)3)24-17-7-5-9-27(14-17)18-8-4-6-16(21)12-18/h4,6,8,12,17,19H,5,7,9-11,13-15H2,1-3H3,(H2,22,23,24). The lowest BCUT2D eigenvalue weighted by atomic mass is 10.0. The van der Waals surface area contributed by atoms with E-state index in [1.807, 2.05) is 13.1 Å². The van der Waals surface area contributed by atoms with Crippen molar-refractivity contribution in [2.24, 2.45) is 4.99 Å². The van der Waals surface area contributed by atoms with Crippen LogP contribution in [0.4, 0.5) is 10.1 Å². The Kier molecular flexibility index (Phi) is 6.90. The summed E-state index contributed by atoms with van der Waals surface area (Å²) in [5.74, 6) is 0.671. The number of guanidine groups is 1. The van der Waals surface area contributed by atoms with E-state index in [1.54, 1.807) is 12.1 Å². The molecule has 0 spiro atoms. The predicted octanol–water partition coefficient (Wildman–Crippen LogP) is 1.21. The number of benzene rings is 1. The Morgan fingerprint density at radius 1 is 1.22 bits per heavy atom. The highest BCUT2D eigenvalue weighted by atomic mass is 19.1. The smallest absolute Gasteiger partial charge is 0.191 e. The van der Waals surface area contributed by atoms with Gasteiger partial charge in [0.25, 0.3) is 0 Å². The summed E-state index contributed by atoms with van der Waals surface area (Å²) in [5, 5.41) is 7.05. The summed E-state index contributed by atoms with van der Waals surface area (Å²) >= 11 is 0. The quantitative estimate of drug-likeness (QED) is 0.611. The Hall–Kier alpha value is -1.86. The van der Waals surface area contributed by atoms with Crippen LogP contribution in [0, 0.1) is 5.82 Å². The monoisotopic (exact) mass is 376 g/mol. The van der Waals surface area contributed by atoms with Gasteiger partial charge in [0.2, 0.25) is 0 Å². The van der Waals surface area contributed by atoms with Crippen LogP contribution in [0.1, 0.15) is 12.8 Å². The zero-order valence-electron chi connectivity index (χ0n) is 16.8. The molecule has 2 saturated heterocycles. The number of aliphatic imine (C=N–C) groups is 1. The Balaban J connectivity index is 1.51. The fraction of sp³-hybridized carbons (Fsp3) is 0.650. The van der Waals surface area contributed by atoms with Gasteiger partial charge in [0.1, 0.15) is 5.82 Å². The topological polar surface area (TPSA) is 46.1 Å². The lowest BCUT2D eigenvalue weighted by Gasteiger charge is -2.38. The number of hydrogen-bond acceptors (Lipinski definition) is 4. The van der Waals surface area contributed by atoms with Crippen molar-refractivity contribution in [1.29, 1.82) is 0 Å². The third-order valence-corrected chi connectivity index (χ3v) is 5.64. The predicted molar refractivity (Wildman–Crippen MR) is 110 cm³/mol. The van der Waals surface area contributed by atoms with E-state index in [9.17, 15) is 4.39 Å². The molecule has 150 valence electrons. The minimum absolute atomic E-state index is 0.179. The lowest BCUT2D eigenvalue weighted by molar-refractivity contribution is 0.116. The van der Waals surface area contributed by atoms with Crippen LogP contribution < -0.4 is 15.5 Å². The largest absolute Gasteiger partial charge is 0.369 e. The van der Waals surface area contributed by atoms with E-state index in [0.717, 1.165) is 63.8 Å². The highest BCUT2D eigenvalue weighted by molar-refractivity contribution is 5.80. The van der Waals surface area contributed by atoms with Gasteiger partial charge in [0, 0.05) is 64.1 Å². The number of anilines is 1. The third-order valence-electron chi connectivity index (χ3n) is 5.64. The van der Waals surface area contributed by atoms with Crippen molar-refractivity contribution in [3.63, 3.8) is 0 Å². The molecule has 2 N–H and O–H groups in total. The Bertz CT molecular complexity index is 637. The molecule has 2 unspecified atom stereocenters. The van der Waals surface area contributed by atoms with E-state index < -0.39 is 0 Å².